The summed E-state index contributed by atoms with van der Waals surface area (Å²) in [6.45, 7) is 0.323. The van der Waals surface area contributed by atoms with Gasteiger partial charge in [0.15, 0.2) is 0 Å². The lowest BCUT2D eigenvalue weighted by Gasteiger charge is -2.36. The third-order valence-corrected chi connectivity index (χ3v) is 4.34. The molecule has 0 radical (unpaired) electrons. The highest BCUT2D eigenvalue weighted by atomic mass is 16.5. The molecule has 3 rings (SSSR count). The van der Waals surface area contributed by atoms with E-state index in [-0.39, 0.29) is 12.0 Å². The predicted octanol–water partition coefficient (Wildman–Crippen LogP) is 2.26. The van der Waals surface area contributed by atoms with Crippen LogP contribution in [0.25, 0.3) is 0 Å². The zero-order valence-corrected chi connectivity index (χ0v) is 11.6. The first-order chi connectivity index (χ1) is 9.66. The minimum Gasteiger partial charge on any atom is -0.490 e. The minimum atomic E-state index is -0.695. The third kappa shape index (κ3) is 2.80. The van der Waals surface area contributed by atoms with E-state index in [1.807, 2.05) is 18.2 Å². The fraction of sp³-hybridized carbons (Fsp3) is 0.562. The van der Waals surface area contributed by atoms with Crippen molar-refractivity contribution < 1.29 is 14.6 Å². The second-order valence-corrected chi connectivity index (χ2v) is 5.93. The number of benzene rings is 1. The van der Waals surface area contributed by atoms with E-state index in [0.29, 0.717) is 17.9 Å². The van der Waals surface area contributed by atoms with Gasteiger partial charge in [0.05, 0.1) is 17.3 Å². The van der Waals surface area contributed by atoms with Gasteiger partial charge in [-0.05, 0) is 50.7 Å². The minimum absolute atomic E-state index is 0.166. The molecule has 2 N–H and O–H groups in total. The van der Waals surface area contributed by atoms with Gasteiger partial charge in [-0.25, -0.2) is 0 Å². The topological polar surface area (TPSA) is 58.6 Å². The molecule has 2 fully saturated rings. The van der Waals surface area contributed by atoms with Crippen molar-refractivity contribution in [1.29, 1.82) is 0 Å². The SMILES string of the molecule is O=C(NCC1(O)CCC1)c1ccccc1OC1CCC1. The molecular weight excluding hydrogens is 254 g/mol. The predicted molar refractivity (Wildman–Crippen MR) is 75.8 cm³/mol. The quantitative estimate of drug-likeness (QED) is 0.866. The summed E-state index contributed by atoms with van der Waals surface area (Å²) in [7, 11) is 0. The van der Waals surface area contributed by atoms with Crippen LogP contribution in [0.4, 0.5) is 0 Å². The highest BCUT2D eigenvalue weighted by Crippen LogP contribution is 2.31. The number of nitrogens with one attached hydrogen (secondary N) is 1. The maximum absolute atomic E-state index is 12.2. The van der Waals surface area contributed by atoms with Gasteiger partial charge >= 0.3 is 0 Å². The van der Waals surface area contributed by atoms with E-state index < -0.39 is 5.60 Å². The van der Waals surface area contributed by atoms with Gasteiger partial charge in [-0.2, -0.15) is 0 Å². The molecule has 0 aromatic heterocycles. The Morgan fingerprint density at radius 2 is 2.05 bits per heavy atom. The van der Waals surface area contributed by atoms with Gasteiger partial charge in [0.1, 0.15) is 5.75 Å². The molecule has 1 aromatic carbocycles. The number of hydrogen-bond acceptors (Lipinski definition) is 3. The van der Waals surface area contributed by atoms with Gasteiger partial charge in [0.25, 0.3) is 5.91 Å². The first-order valence-corrected chi connectivity index (χ1v) is 7.43. The summed E-state index contributed by atoms with van der Waals surface area (Å²) in [5.41, 5.74) is -0.137. The number of hydrogen-bond donors (Lipinski definition) is 2. The van der Waals surface area contributed by atoms with Crippen LogP contribution in [0, 0.1) is 0 Å². The molecule has 4 heteroatoms. The summed E-state index contributed by atoms with van der Waals surface area (Å²) >= 11 is 0. The van der Waals surface area contributed by atoms with Crippen molar-refractivity contribution in [3.8, 4) is 5.75 Å². The van der Waals surface area contributed by atoms with Crippen molar-refractivity contribution in [3.05, 3.63) is 29.8 Å². The maximum Gasteiger partial charge on any atom is 0.255 e. The molecule has 0 bridgehead atoms. The van der Waals surface area contributed by atoms with E-state index in [1.165, 1.54) is 6.42 Å². The lowest BCUT2D eigenvalue weighted by molar-refractivity contribution is -0.0300. The molecule has 20 heavy (non-hydrogen) atoms. The Labute approximate surface area is 119 Å². The molecule has 2 saturated carbocycles. The number of rotatable bonds is 5. The van der Waals surface area contributed by atoms with Gasteiger partial charge in [0, 0.05) is 6.54 Å². The fourth-order valence-electron chi connectivity index (χ4n) is 2.53. The highest BCUT2D eigenvalue weighted by molar-refractivity contribution is 5.96. The second kappa shape index (κ2) is 5.44. The van der Waals surface area contributed by atoms with Crippen molar-refractivity contribution in [2.45, 2.75) is 50.2 Å². The van der Waals surface area contributed by atoms with Gasteiger partial charge in [-0.1, -0.05) is 12.1 Å². The average molecular weight is 275 g/mol. The van der Waals surface area contributed by atoms with Crippen LogP contribution in [0.3, 0.4) is 0 Å². The van der Waals surface area contributed by atoms with Crippen LogP contribution in [0.5, 0.6) is 5.75 Å². The number of carbonyl (C=O) groups is 1. The number of para-hydroxylation sites is 1. The lowest BCUT2D eigenvalue weighted by atomic mass is 9.80. The molecule has 2 aliphatic carbocycles. The first-order valence-electron chi connectivity index (χ1n) is 7.43. The Morgan fingerprint density at radius 1 is 1.30 bits per heavy atom. The van der Waals surface area contributed by atoms with E-state index in [1.54, 1.807) is 6.07 Å². The molecule has 0 heterocycles. The van der Waals surface area contributed by atoms with Crippen LogP contribution in [0.15, 0.2) is 24.3 Å². The van der Waals surface area contributed by atoms with E-state index in [9.17, 15) is 9.90 Å². The van der Waals surface area contributed by atoms with Crippen molar-refractivity contribution in [2.75, 3.05) is 6.54 Å². The number of carbonyl (C=O) groups excluding carboxylic acids is 1. The van der Waals surface area contributed by atoms with E-state index in [4.69, 9.17) is 4.74 Å². The van der Waals surface area contributed by atoms with Crippen LogP contribution in [0.2, 0.25) is 0 Å². The summed E-state index contributed by atoms with van der Waals surface area (Å²) in [5.74, 6) is 0.482. The molecule has 0 saturated heterocycles. The zero-order valence-electron chi connectivity index (χ0n) is 11.6. The van der Waals surface area contributed by atoms with E-state index in [0.717, 1.165) is 32.1 Å². The van der Waals surface area contributed by atoms with E-state index >= 15 is 0 Å². The van der Waals surface area contributed by atoms with Gasteiger partial charge in [-0.15, -0.1) is 0 Å². The molecule has 0 aliphatic heterocycles. The van der Waals surface area contributed by atoms with Crippen molar-refractivity contribution >= 4 is 5.91 Å². The van der Waals surface area contributed by atoms with Crippen LogP contribution in [-0.2, 0) is 0 Å². The molecule has 1 aromatic rings. The Hall–Kier alpha value is -1.55. The van der Waals surface area contributed by atoms with Gasteiger partial charge in [-0.3, -0.25) is 4.79 Å². The highest BCUT2D eigenvalue weighted by Gasteiger charge is 2.34. The summed E-state index contributed by atoms with van der Waals surface area (Å²) in [5, 5.41) is 12.8. The second-order valence-electron chi connectivity index (χ2n) is 5.93. The Morgan fingerprint density at radius 3 is 2.65 bits per heavy atom. The first kappa shape index (κ1) is 13.4. The number of amides is 1. The lowest BCUT2D eigenvalue weighted by Crippen LogP contribution is -2.47. The van der Waals surface area contributed by atoms with Crippen LogP contribution < -0.4 is 10.1 Å². The van der Waals surface area contributed by atoms with Gasteiger partial charge < -0.3 is 15.2 Å². The molecule has 108 valence electrons. The average Bonchev–Trinajstić information content (AvgIpc) is 2.38. The van der Waals surface area contributed by atoms with Crippen LogP contribution >= 0.6 is 0 Å². The number of aliphatic hydroxyl groups is 1. The molecule has 0 spiro atoms. The maximum atomic E-state index is 12.2. The Balaban J connectivity index is 1.63. The number of ether oxygens (including phenoxy) is 1. The molecule has 2 aliphatic rings. The van der Waals surface area contributed by atoms with Crippen molar-refractivity contribution in [1.82, 2.24) is 5.32 Å². The third-order valence-electron chi connectivity index (χ3n) is 4.34. The summed E-state index contributed by atoms with van der Waals surface area (Å²) in [4.78, 5) is 12.2. The molecule has 0 atom stereocenters. The molecule has 4 nitrogen and oxygen atoms in total. The standard InChI is InChI=1S/C16H21NO3/c18-15(17-11-16(19)9-4-10-16)13-7-1-2-8-14(13)20-12-5-3-6-12/h1-2,7-8,12,19H,3-6,9-11H2,(H,17,18). The smallest absolute Gasteiger partial charge is 0.255 e. The summed E-state index contributed by atoms with van der Waals surface area (Å²) < 4.78 is 5.85. The normalized spacial score (nSPS) is 20.6. The van der Waals surface area contributed by atoms with Crippen molar-refractivity contribution in [3.63, 3.8) is 0 Å². The molecule has 0 unspecified atom stereocenters. The largest absolute Gasteiger partial charge is 0.490 e. The fourth-order valence-corrected chi connectivity index (χ4v) is 2.53. The molecule has 1 amide bonds. The van der Waals surface area contributed by atoms with Crippen LogP contribution in [-0.4, -0.2) is 29.3 Å². The summed E-state index contributed by atoms with van der Waals surface area (Å²) in [6, 6.07) is 7.32. The van der Waals surface area contributed by atoms with Gasteiger partial charge in [0.2, 0.25) is 0 Å². The Bertz CT molecular complexity index is 492. The summed E-state index contributed by atoms with van der Waals surface area (Å²) in [6.07, 6.45) is 6.16. The molecular formula is C16H21NO3. The monoisotopic (exact) mass is 275 g/mol. The van der Waals surface area contributed by atoms with E-state index in [2.05, 4.69) is 5.32 Å². The zero-order chi connectivity index (χ0) is 14.0. The van der Waals surface area contributed by atoms with Crippen LogP contribution in [0.1, 0.15) is 48.9 Å². The van der Waals surface area contributed by atoms with Crippen molar-refractivity contribution in [2.24, 2.45) is 0 Å². The Kier molecular flexibility index (Phi) is 3.66.